The summed E-state index contributed by atoms with van der Waals surface area (Å²) in [6, 6.07) is 11.3. The number of rotatable bonds is 6. The largest absolute Gasteiger partial charge is 0.354 e. The van der Waals surface area contributed by atoms with Gasteiger partial charge in [0, 0.05) is 36.4 Å². The van der Waals surface area contributed by atoms with Crippen molar-refractivity contribution in [2.75, 3.05) is 6.26 Å². The smallest absolute Gasteiger partial charge is 0.0294 e. The van der Waals surface area contributed by atoms with Crippen LogP contribution in [0.2, 0.25) is 0 Å². The second-order valence-corrected chi connectivity index (χ2v) is 5.61. The topological polar surface area (TPSA) is 17.0 Å². The molecule has 0 aliphatic carbocycles. The summed E-state index contributed by atoms with van der Waals surface area (Å²) in [4.78, 5) is 1.32. The van der Waals surface area contributed by atoms with Crippen LogP contribution in [0.3, 0.4) is 0 Å². The molecule has 0 radical (unpaired) electrons. The Balaban J connectivity index is 1.90. The summed E-state index contributed by atoms with van der Waals surface area (Å²) in [7, 11) is 0. The highest BCUT2D eigenvalue weighted by Gasteiger charge is 2.05. The van der Waals surface area contributed by atoms with Crippen LogP contribution in [0.25, 0.3) is 0 Å². The van der Waals surface area contributed by atoms with Crippen molar-refractivity contribution in [3.63, 3.8) is 0 Å². The first kappa shape index (κ1) is 14.2. The van der Waals surface area contributed by atoms with E-state index in [0.717, 1.165) is 13.1 Å². The van der Waals surface area contributed by atoms with Gasteiger partial charge in [-0.2, -0.15) is 0 Å². The summed E-state index contributed by atoms with van der Waals surface area (Å²) in [5.41, 5.74) is 2.68. The van der Waals surface area contributed by atoms with E-state index in [1.54, 1.807) is 11.8 Å². The summed E-state index contributed by atoms with van der Waals surface area (Å²) < 4.78 is 2.20. The number of aromatic nitrogens is 1. The zero-order chi connectivity index (χ0) is 13.7. The third-order valence-electron chi connectivity index (χ3n) is 3.41. The number of hydrogen-bond donors (Lipinski definition) is 1. The minimum absolute atomic E-state index is 0.376. The van der Waals surface area contributed by atoms with Gasteiger partial charge in [-0.1, -0.05) is 12.1 Å². The molecule has 0 saturated carbocycles. The molecule has 2 rings (SSSR count). The van der Waals surface area contributed by atoms with Gasteiger partial charge in [-0.3, -0.25) is 0 Å². The van der Waals surface area contributed by atoms with E-state index in [0.29, 0.717) is 6.04 Å². The van der Waals surface area contributed by atoms with E-state index < -0.39 is 0 Å². The molecule has 1 aromatic heterocycles. The second kappa shape index (κ2) is 6.83. The molecule has 1 aromatic carbocycles. The fraction of sp³-hybridized carbons (Fsp3) is 0.375. The molecule has 0 amide bonds. The Morgan fingerprint density at radius 1 is 1.21 bits per heavy atom. The first-order chi connectivity index (χ1) is 9.22. The van der Waals surface area contributed by atoms with Crippen LogP contribution in [-0.2, 0) is 13.1 Å². The van der Waals surface area contributed by atoms with E-state index in [9.17, 15) is 0 Å². The monoisotopic (exact) mass is 274 g/mol. The molecule has 0 saturated heterocycles. The summed E-state index contributed by atoms with van der Waals surface area (Å²) in [5, 5.41) is 3.57. The highest BCUT2D eigenvalue weighted by molar-refractivity contribution is 7.98. The van der Waals surface area contributed by atoms with Crippen LogP contribution in [-0.4, -0.2) is 10.8 Å². The Bertz CT molecular complexity index is 502. The maximum Gasteiger partial charge on any atom is 0.0294 e. The predicted molar refractivity (Wildman–Crippen MR) is 83.6 cm³/mol. The zero-order valence-corrected chi connectivity index (χ0v) is 12.7. The van der Waals surface area contributed by atoms with Crippen molar-refractivity contribution in [1.29, 1.82) is 0 Å². The van der Waals surface area contributed by atoms with E-state index in [1.165, 1.54) is 16.0 Å². The van der Waals surface area contributed by atoms with E-state index in [1.807, 2.05) is 0 Å². The Morgan fingerprint density at radius 2 is 1.95 bits per heavy atom. The number of aryl methyl sites for hydroxylation is 1. The number of nitrogens with one attached hydrogen (secondary N) is 1. The number of thioether (sulfide) groups is 1. The molecule has 1 atom stereocenters. The standard InChI is InChI=1S/C16H22N2S/c1-4-18-10-9-14(12-18)11-17-13(2)15-5-7-16(19-3)8-6-15/h5-10,12-13,17H,4,11H2,1-3H3. The Kier molecular flexibility index (Phi) is 5.11. The van der Waals surface area contributed by atoms with Crippen molar-refractivity contribution in [2.45, 2.75) is 37.9 Å². The van der Waals surface area contributed by atoms with Gasteiger partial charge in [0.05, 0.1) is 0 Å². The van der Waals surface area contributed by atoms with Crippen LogP contribution < -0.4 is 5.32 Å². The minimum Gasteiger partial charge on any atom is -0.354 e. The first-order valence-electron chi connectivity index (χ1n) is 6.75. The van der Waals surface area contributed by atoms with E-state index >= 15 is 0 Å². The van der Waals surface area contributed by atoms with Crippen LogP contribution in [0.1, 0.15) is 31.0 Å². The highest BCUT2D eigenvalue weighted by atomic mass is 32.2. The molecule has 0 bridgehead atoms. The third kappa shape index (κ3) is 3.88. The fourth-order valence-electron chi connectivity index (χ4n) is 2.07. The first-order valence-corrected chi connectivity index (χ1v) is 7.97. The molecular weight excluding hydrogens is 252 g/mol. The maximum atomic E-state index is 3.57. The molecule has 102 valence electrons. The maximum absolute atomic E-state index is 3.57. The molecule has 1 unspecified atom stereocenters. The lowest BCUT2D eigenvalue weighted by atomic mass is 10.1. The Morgan fingerprint density at radius 3 is 2.53 bits per heavy atom. The number of hydrogen-bond acceptors (Lipinski definition) is 2. The average molecular weight is 274 g/mol. The molecule has 19 heavy (non-hydrogen) atoms. The summed E-state index contributed by atoms with van der Waals surface area (Å²) in [5.74, 6) is 0. The molecular formula is C16H22N2S. The fourth-order valence-corrected chi connectivity index (χ4v) is 2.48. The van der Waals surface area contributed by atoms with Crippen molar-refractivity contribution in [2.24, 2.45) is 0 Å². The summed E-state index contributed by atoms with van der Waals surface area (Å²) in [6.07, 6.45) is 6.44. The van der Waals surface area contributed by atoms with E-state index in [-0.39, 0.29) is 0 Å². The number of benzene rings is 1. The minimum atomic E-state index is 0.376. The van der Waals surface area contributed by atoms with Crippen molar-refractivity contribution < 1.29 is 0 Å². The summed E-state index contributed by atoms with van der Waals surface area (Å²) in [6.45, 7) is 6.32. The van der Waals surface area contributed by atoms with Gasteiger partial charge in [-0.25, -0.2) is 0 Å². The lowest BCUT2D eigenvalue weighted by Gasteiger charge is -2.14. The van der Waals surface area contributed by atoms with Gasteiger partial charge in [0.1, 0.15) is 0 Å². The lowest BCUT2D eigenvalue weighted by molar-refractivity contribution is 0.573. The van der Waals surface area contributed by atoms with E-state index in [2.05, 4.69) is 72.7 Å². The zero-order valence-electron chi connectivity index (χ0n) is 11.9. The van der Waals surface area contributed by atoms with Crippen molar-refractivity contribution in [3.8, 4) is 0 Å². The molecule has 1 N–H and O–H groups in total. The van der Waals surface area contributed by atoms with Gasteiger partial charge in [-0.15, -0.1) is 11.8 Å². The summed E-state index contributed by atoms with van der Waals surface area (Å²) >= 11 is 1.78. The van der Waals surface area contributed by atoms with Gasteiger partial charge in [-0.05, 0) is 49.4 Å². The van der Waals surface area contributed by atoms with Crippen LogP contribution in [0.5, 0.6) is 0 Å². The molecule has 2 aromatic rings. The lowest BCUT2D eigenvalue weighted by Crippen LogP contribution is -2.17. The molecule has 0 spiro atoms. The molecule has 1 heterocycles. The van der Waals surface area contributed by atoms with Crippen molar-refractivity contribution in [3.05, 3.63) is 53.9 Å². The van der Waals surface area contributed by atoms with Gasteiger partial charge >= 0.3 is 0 Å². The molecule has 0 fully saturated rings. The molecule has 3 heteroatoms. The quantitative estimate of drug-likeness (QED) is 0.799. The predicted octanol–water partition coefficient (Wildman–Crippen LogP) is 4.08. The van der Waals surface area contributed by atoms with Crippen LogP contribution in [0.15, 0.2) is 47.6 Å². The Labute approximate surface area is 120 Å². The van der Waals surface area contributed by atoms with Gasteiger partial charge < -0.3 is 9.88 Å². The highest BCUT2D eigenvalue weighted by Crippen LogP contribution is 2.19. The van der Waals surface area contributed by atoms with Crippen LogP contribution >= 0.6 is 11.8 Å². The Hall–Kier alpha value is -1.19. The second-order valence-electron chi connectivity index (χ2n) is 4.73. The van der Waals surface area contributed by atoms with Gasteiger partial charge in [0.15, 0.2) is 0 Å². The SMILES string of the molecule is CCn1ccc(CNC(C)c2ccc(SC)cc2)c1. The van der Waals surface area contributed by atoms with Crippen LogP contribution in [0, 0.1) is 0 Å². The molecule has 0 aliphatic heterocycles. The van der Waals surface area contributed by atoms with E-state index in [4.69, 9.17) is 0 Å². The third-order valence-corrected chi connectivity index (χ3v) is 4.15. The molecule has 0 aliphatic rings. The van der Waals surface area contributed by atoms with Gasteiger partial charge in [0.2, 0.25) is 0 Å². The van der Waals surface area contributed by atoms with Gasteiger partial charge in [0.25, 0.3) is 0 Å². The number of nitrogens with zero attached hydrogens (tertiary/aromatic N) is 1. The van der Waals surface area contributed by atoms with Crippen LogP contribution in [0.4, 0.5) is 0 Å². The normalized spacial score (nSPS) is 12.6. The van der Waals surface area contributed by atoms with Crippen molar-refractivity contribution >= 4 is 11.8 Å². The average Bonchev–Trinajstić information content (AvgIpc) is 2.93. The van der Waals surface area contributed by atoms with Crippen molar-refractivity contribution in [1.82, 2.24) is 9.88 Å². The molecule has 2 nitrogen and oxygen atoms in total.